The Kier molecular flexibility index (Phi) is 6.92. The van der Waals surface area contributed by atoms with E-state index >= 15 is 0 Å². The molecule has 0 bridgehead atoms. The molecule has 0 spiro atoms. The van der Waals surface area contributed by atoms with Gasteiger partial charge in [0.1, 0.15) is 6.10 Å². The van der Waals surface area contributed by atoms with Gasteiger partial charge in [-0.3, -0.25) is 4.79 Å². The topological polar surface area (TPSA) is 83.6 Å². The Balaban J connectivity index is 1.50. The van der Waals surface area contributed by atoms with Gasteiger partial charge in [0.05, 0.1) is 11.9 Å². The molecule has 1 fully saturated rings. The molecule has 1 aliphatic heterocycles. The van der Waals surface area contributed by atoms with Crippen LogP contribution in [0.25, 0.3) is 0 Å². The smallest absolute Gasteiger partial charge is 0.321 e. The molecule has 0 saturated carbocycles. The number of carbonyl (C=O) groups is 2. The first kappa shape index (κ1) is 21.6. The fourth-order valence-electron chi connectivity index (χ4n) is 3.68. The number of benzene rings is 1. The van der Waals surface area contributed by atoms with Crippen LogP contribution in [0, 0.1) is 20.8 Å². The number of urea groups is 1. The van der Waals surface area contributed by atoms with E-state index in [-0.39, 0.29) is 18.0 Å². The second-order valence-electron chi connectivity index (χ2n) is 7.79. The number of pyridine rings is 1. The molecule has 1 aromatic heterocycles. The van der Waals surface area contributed by atoms with Crippen molar-refractivity contribution >= 4 is 23.3 Å². The third-order valence-corrected chi connectivity index (χ3v) is 5.27. The van der Waals surface area contributed by atoms with E-state index in [0.29, 0.717) is 31.1 Å². The number of anilines is 2. The third kappa shape index (κ3) is 5.49. The molecule has 0 aliphatic carbocycles. The number of aryl methyl sites for hydroxylation is 3. The molecule has 0 radical (unpaired) electrons. The minimum atomic E-state index is -0.0716. The maximum Gasteiger partial charge on any atom is 0.321 e. The summed E-state index contributed by atoms with van der Waals surface area (Å²) in [5.74, 6) is 0.477. The van der Waals surface area contributed by atoms with Gasteiger partial charge in [0.2, 0.25) is 11.8 Å². The van der Waals surface area contributed by atoms with E-state index in [9.17, 15) is 9.59 Å². The van der Waals surface area contributed by atoms with Crippen molar-refractivity contribution in [2.75, 3.05) is 23.7 Å². The SMILES string of the molecule is CCC(=O)Nc1ccc(OC2CCN(C(=O)Nc3c(C)cc(C)cc3C)CC2)nc1. The predicted octanol–water partition coefficient (Wildman–Crippen LogP) is 4.43. The molecular formula is C23H30N4O3. The number of ether oxygens (including phenoxy) is 1. The van der Waals surface area contributed by atoms with Crippen LogP contribution in [0.1, 0.15) is 42.9 Å². The van der Waals surface area contributed by atoms with E-state index in [2.05, 4.69) is 34.7 Å². The molecule has 30 heavy (non-hydrogen) atoms. The van der Waals surface area contributed by atoms with Gasteiger partial charge in [0.15, 0.2) is 0 Å². The Morgan fingerprint density at radius 3 is 2.33 bits per heavy atom. The van der Waals surface area contributed by atoms with E-state index in [0.717, 1.165) is 29.7 Å². The Morgan fingerprint density at radius 2 is 1.77 bits per heavy atom. The second kappa shape index (κ2) is 9.61. The maximum absolute atomic E-state index is 12.7. The largest absolute Gasteiger partial charge is 0.474 e. The molecule has 0 atom stereocenters. The van der Waals surface area contributed by atoms with Gasteiger partial charge in [0.25, 0.3) is 0 Å². The highest BCUT2D eigenvalue weighted by molar-refractivity contribution is 5.91. The van der Waals surface area contributed by atoms with Gasteiger partial charge >= 0.3 is 6.03 Å². The lowest BCUT2D eigenvalue weighted by atomic mass is 10.1. The highest BCUT2D eigenvalue weighted by Crippen LogP contribution is 2.24. The van der Waals surface area contributed by atoms with Crippen LogP contribution < -0.4 is 15.4 Å². The molecule has 2 aromatic rings. The van der Waals surface area contributed by atoms with Gasteiger partial charge in [-0.2, -0.15) is 0 Å². The molecule has 1 aliphatic rings. The first-order chi connectivity index (χ1) is 14.4. The van der Waals surface area contributed by atoms with Crippen molar-refractivity contribution in [3.63, 3.8) is 0 Å². The van der Waals surface area contributed by atoms with Crippen molar-refractivity contribution in [3.8, 4) is 5.88 Å². The third-order valence-electron chi connectivity index (χ3n) is 5.27. The van der Waals surface area contributed by atoms with Crippen LogP contribution in [0.5, 0.6) is 5.88 Å². The predicted molar refractivity (Wildman–Crippen MR) is 118 cm³/mol. The summed E-state index contributed by atoms with van der Waals surface area (Å²) in [6, 6.07) is 7.62. The van der Waals surface area contributed by atoms with Crippen LogP contribution in [0.15, 0.2) is 30.5 Å². The highest BCUT2D eigenvalue weighted by Gasteiger charge is 2.25. The monoisotopic (exact) mass is 410 g/mol. The molecule has 1 saturated heterocycles. The zero-order chi connectivity index (χ0) is 21.7. The minimum absolute atomic E-state index is 0.0143. The number of hydrogen-bond donors (Lipinski definition) is 2. The standard InChI is InChI=1S/C23H30N4O3/c1-5-20(28)25-18-6-7-21(24-14-18)30-19-8-10-27(11-9-19)23(29)26-22-16(3)12-15(2)13-17(22)4/h6-7,12-14,19H,5,8-11H2,1-4H3,(H,25,28)(H,26,29). The number of rotatable bonds is 5. The summed E-state index contributed by atoms with van der Waals surface area (Å²) in [5.41, 5.74) is 4.88. The number of likely N-dealkylation sites (tertiary alicyclic amines) is 1. The number of nitrogens with one attached hydrogen (secondary N) is 2. The number of amides is 3. The fourth-order valence-corrected chi connectivity index (χ4v) is 3.68. The fraction of sp³-hybridized carbons (Fsp3) is 0.435. The van der Waals surface area contributed by atoms with Crippen molar-refractivity contribution < 1.29 is 14.3 Å². The Bertz CT molecular complexity index is 880. The van der Waals surface area contributed by atoms with Crippen molar-refractivity contribution in [2.45, 2.75) is 53.1 Å². The van der Waals surface area contributed by atoms with Crippen molar-refractivity contribution in [3.05, 3.63) is 47.2 Å². The molecule has 7 nitrogen and oxygen atoms in total. The van der Waals surface area contributed by atoms with Crippen molar-refractivity contribution in [1.82, 2.24) is 9.88 Å². The van der Waals surface area contributed by atoms with Crippen molar-refractivity contribution in [1.29, 1.82) is 0 Å². The molecule has 1 aromatic carbocycles. The summed E-state index contributed by atoms with van der Waals surface area (Å²) in [7, 11) is 0. The number of nitrogens with zero attached hydrogens (tertiary/aromatic N) is 2. The van der Waals surface area contributed by atoms with Gasteiger partial charge < -0.3 is 20.3 Å². The van der Waals surface area contributed by atoms with Gasteiger partial charge in [-0.15, -0.1) is 0 Å². The van der Waals surface area contributed by atoms with E-state index in [4.69, 9.17) is 4.74 Å². The molecule has 160 valence electrons. The lowest BCUT2D eigenvalue weighted by Gasteiger charge is -2.32. The summed E-state index contributed by atoms with van der Waals surface area (Å²) < 4.78 is 5.96. The highest BCUT2D eigenvalue weighted by atomic mass is 16.5. The molecule has 7 heteroatoms. The van der Waals surface area contributed by atoms with Crippen LogP contribution in [-0.2, 0) is 4.79 Å². The zero-order valence-electron chi connectivity index (χ0n) is 18.1. The van der Waals surface area contributed by atoms with Crippen LogP contribution >= 0.6 is 0 Å². The maximum atomic E-state index is 12.7. The Morgan fingerprint density at radius 1 is 1.10 bits per heavy atom. The quantitative estimate of drug-likeness (QED) is 0.764. The van der Waals surface area contributed by atoms with Crippen molar-refractivity contribution in [2.24, 2.45) is 0 Å². The zero-order valence-corrected chi connectivity index (χ0v) is 18.1. The van der Waals surface area contributed by atoms with Crippen LogP contribution in [0.2, 0.25) is 0 Å². The summed E-state index contributed by atoms with van der Waals surface area (Å²) in [5, 5.41) is 5.83. The van der Waals surface area contributed by atoms with Gasteiger partial charge in [-0.1, -0.05) is 24.6 Å². The summed E-state index contributed by atoms with van der Waals surface area (Å²) in [4.78, 5) is 30.2. The number of carbonyl (C=O) groups excluding carboxylic acids is 2. The summed E-state index contributed by atoms with van der Waals surface area (Å²) in [6.45, 7) is 9.15. The van der Waals surface area contributed by atoms with E-state index in [1.807, 2.05) is 18.7 Å². The van der Waals surface area contributed by atoms with Gasteiger partial charge in [0, 0.05) is 44.1 Å². The molecule has 0 unspecified atom stereocenters. The lowest BCUT2D eigenvalue weighted by Crippen LogP contribution is -2.44. The molecule has 3 amide bonds. The van der Waals surface area contributed by atoms with Crippen LogP contribution in [0.4, 0.5) is 16.2 Å². The van der Waals surface area contributed by atoms with Crippen LogP contribution in [0.3, 0.4) is 0 Å². The van der Waals surface area contributed by atoms with E-state index in [1.165, 1.54) is 5.56 Å². The molecule has 3 rings (SSSR count). The molecule has 2 heterocycles. The van der Waals surface area contributed by atoms with Gasteiger partial charge in [-0.05, 0) is 38.0 Å². The normalized spacial score (nSPS) is 14.3. The average molecular weight is 411 g/mol. The Hall–Kier alpha value is -3.09. The minimum Gasteiger partial charge on any atom is -0.474 e. The Labute approximate surface area is 177 Å². The van der Waals surface area contributed by atoms with E-state index < -0.39 is 0 Å². The first-order valence-corrected chi connectivity index (χ1v) is 10.4. The second-order valence-corrected chi connectivity index (χ2v) is 7.79. The number of piperidine rings is 1. The molecule has 2 N–H and O–H groups in total. The lowest BCUT2D eigenvalue weighted by molar-refractivity contribution is -0.115. The average Bonchev–Trinajstić information content (AvgIpc) is 2.72. The summed E-state index contributed by atoms with van der Waals surface area (Å²) in [6.07, 6.45) is 3.52. The van der Waals surface area contributed by atoms with Gasteiger partial charge in [-0.25, -0.2) is 9.78 Å². The first-order valence-electron chi connectivity index (χ1n) is 10.4. The molecular weight excluding hydrogens is 380 g/mol. The van der Waals surface area contributed by atoms with Crippen LogP contribution in [-0.4, -0.2) is 41.0 Å². The summed E-state index contributed by atoms with van der Waals surface area (Å²) >= 11 is 0. The number of aromatic nitrogens is 1. The number of hydrogen-bond acceptors (Lipinski definition) is 4. The van der Waals surface area contributed by atoms with E-state index in [1.54, 1.807) is 25.3 Å².